The molecule has 1 rings (SSSR count). The van der Waals surface area contributed by atoms with Crippen LogP contribution in [0.25, 0.3) is 0 Å². The van der Waals surface area contributed by atoms with Gasteiger partial charge < -0.3 is 24.1 Å². The van der Waals surface area contributed by atoms with Gasteiger partial charge in [0.2, 0.25) is 11.5 Å². The van der Waals surface area contributed by atoms with Crippen LogP contribution in [0, 0.1) is 0 Å². The lowest BCUT2D eigenvalue weighted by Crippen LogP contribution is -2.06. The molecule has 0 saturated carbocycles. The largest absolute Gasteiger partial charge is 0.504 e. The molecule has 1 aromatic rings. The molecule has 0 unspecified atom stereocenters. The number of methoxy groups -OCH3 is 3. The highest BCUT2D eigenvalue weighted by atomic mass is 16.5. The van der Waals surface area contributed by atoms with Crippen molar-refractivity contribution in [3.05, 3.63) is 11.6 Å². The number of hydrogen-bond donors (Lipinski definition) is 1. The Bertz CT molecular complexity index is 469. The summed E-state index contributed by atoms with van der Waals surface area (Å²) in [5, 5.41) is 9.92. The maximum Gasteiger partial charge on any atom is 0.306 e. The van der Waals surface area contributed by atoms with Gasteiger partial charge >= 0.3 is 5.97 Å². The summed E-state index contributed by atoms with van der Waals surface area (Å²) in [6, 6.07) is 1.50. The molecule has 0 aromatic heterocycles. The number of phenolic OH excluding ortho intramolecular Hbond substituents is 1. The molecule has 0 aliphatic carbocycles. The van der Waals surface area contributed by atoms with E-state index < -0.39 is 0 Å². The van der Waals surface area contributed by atoms with Crippen molar-refractivity contribution in [3.63, 3.8) is 0 Å². The monoisotopic (exact) mass is 284 g/mol. The summed E-state index contributed by atoms with van der Waals surface area (Å²) >= 11 is 0. The first-order valence-electron chi connectivity index (χ1n) is 6.25. The van der Waals surface area contributed by atoms with Gasteiger partial charge in [-0.25, -0.2) is 0 Å². The Morgan fingerprint density at radius 2 is 1.70 bits per heavy atom. The number of aryl methyl sites for hydroxylation is 1. The zero-order valence-corrected chi connectivity index (χ0v) is 12.2. The molecule has 6 nitrogen and oxygen atoms in total. The van der Waals surface area contributed by atoms with Crippen LogP contribution >= 0.6 is 0 Å². The lowest BCUT2D eigenvalue weighted by molar-refractivity contribution is -0.143. The van der Waals surface area contributed by atoms with Crippen LogP contribution in [-0.2, 0) is 16.0 Å². The molecule has 0 radical (unpaired) electrons. The van der Waals surface area contributed by atoms with Gasteiger partial charge in [-0.05, 0) is 19.4 Å². The summed E-state index contributed by atoms with van der Waals surface area (Å²) in [6.07, 6.45) is 0.565. The lowest BCUT2D eigenvalue weighted by atomic mass is 10.1. The van der Waals surface area contributed by atoms with Crippen molar-refractivity contribution in [2.75, 3.05) is 27.9 Å². The maximum absolute atomic E-state index is 11.4. The van der Waals surface area contributed by atoms with Crippen LogP contribution in [0.1, 0.15) is 18.9 Å². The predicted octanol–water partition coefficient (Wildman–Crippen LogP) is 1.91. The van der Waals surface area contributed by atoms with Gasteiger partial charge in [-0.15, -0.1) is 0 Å². The van der Waals surface area contributed by atoms with E-state index in [-0.39, 0.29) is 23.9 Å². The summed E-state index contributed by atoms with van der Waals surface area (Å²) in [6.45, 7) is 2.09. The molecule has 112 valence electrons. The second-order valence-electron chi connectivity index (χ2n) is 3.96. The highest BCUT2D eigenvalue weighted by Gasteiger charge is 2.20. The van der Waals surface area contributed by atoms with Gasteiger partial charge in [0, 0.05) is 12.0 Å². The van der Waals surface area contributed by atoms with Crippen LogP contribution < -0.4 is 14.2 Å². The normalized spacial score (nSPS) is 10.0. The average Bonchev–Trinajstić information content (AvgIpc) is 2.44. The zero-order valence-electron chi connectivity index (χ0n) is 12.2. The number of carbonyl (C=O) groups excluding carboxylic acids is 1. The minimum Gasteiger partial charge on any atom is -0.504 e. The first kappa shape index (κ1) is 15.9. The molecule has 0 aliphatic heterocycles. The molecular formula is C14H20O6. The maximum atomic E-state index is 11.4. The molecular weight excluding hydrogens is 264 g/mol. The molecule has 0 saturated heterocycles. The van der Waals surface area contributed by atoms with Gasteiger partial charge in [0.15, 0.2) is 11.5 Å². The summed E-state index contributed by atoms with van der Waals surface area (Å²) in [7, 11) is 4.37. The summed E-state index contributed by atoms with van der Waals surface area (Å²) in [5.41, 5.74) is 0.649. The summed E-state index contributed by atoms with van der Waals surface area (Å²) in [4.78, 5) is 11.4. The topological polar surface area (TPSA) is 74.2 Å². The lowest BCUT2D eigenvalue weighted by Gasteiger charge is -2.16. The Kier molecular flexibility index (Phi) is 5.96. The number of phenols is 1. The Balaban J connectivity index is 3.07. The van der Waals surface area contributed by atoms with Crippen molar-refractivity contribution < 1.29 is 28.8 Å². The van der Waals surface area contributed by atoms with E-state index in [2.05, 4.69) is 0 Å². The molecule has 6 heteroatoms. The summed E-state index contributed by atoms with van der Waals surface area (Å²) in [5.74, 6) is 0.567. The number of carbonyl (C=O) groups is 1. The van der Waals surface area contributed by atoms with Gasteiger partial charge in [-0.3, -0.25) is 4.79 Å². The van der Waals surface area contributed by atoms with Crippen molar-refractivity contribution in [2.45, 2.75) is 19.8 Å². The number of hydrogen-bond acceptors (Lipinski definition) is 6. The molecule has 1 aromatic carbocycles. The molecule has 0 fully saturated rings. The van der Waals surface area contributed by atoms with Crippen molar-refractivity contribution in [3.8, 4) is 23.0 Å². The van der Waals surface area contributed by atoms with E-state index in [4.69, 9.17) is 18.9 Å². The number of aromatic hydroxyl groups is 1. The Hall–Kier alpha value is -2.11. The van der Waals surface area contributed by atoms with E-state index in [0.717, 1.165) is 0 Å². The van der Waals surface area contributed by atoms with E-state index in [9.17, 15) is 9.90 Å². The van der Waals surface area contributed by atoms with Crippen LogP contribution in [0.3, 0.4) is 0 Å². The van der Waals surface area contributed by atoms with E-state index in [1.54, 1.807) is 6.92 Å². The standard InChI is InChI=1S/C14H20O6/c1-5-20-11(16)7-6-9-8-10(15)13(18-3)14(19-4)12(9)17-2/h8,15H,5-7H2,1-4H3. The molecule has 0 spiro atoms. The minimum atomic E-state index is -0.302. The number of benzene rings is 1. The van der Waals surface area contributed by atoms with Crippen LogP contribution in [0.2, 0.25) is 0 Å². The highest BCUT2D eigenvalue weighted by Crippen LogP contribution is 2.46. The molecule has 0 amide bonds. The van der Waals surface area contributed by atoms with E-state index in [0.29, 0.717) is 30.1 Å². The predicted molar refractivity (Wildman–Crippen MR) is 72.7 cm³/mol. The number of ether oxygens (including phenoxy) is 4. The zero-order chi connectivity index (χ0) is 15.1. The fourth-order valence-corrected chi connectivity index (χ4v) is 1.92. The SMILES string of the molecule is CCOC(=O)CCc1cc(O)c(OC)c(OC)c1OC. The third-order valence-electron chi connectivity index (χ3n) is 2.76. The van der Waals surface area contributed by atoms with Crippen molar-refractivity contribution in [2.24, 2.45) is 0 Å². The first-order valence-corrected chi connectivity index (χ1v) is 6.25. The molecule has 0 heterocycles. The number of rotatable bonds is 7. The van der Waals surface area contributed by atoms with Crippen molar-refractivity contribution in [1.29, 1.82) is 0 Å². The Morgan fingerprint density at radius 3 is 2.20 bits per heavy atom. The van der Waals surface area contributed by atoms with Gasteiger partial charge in [0.05, 0.1) is 27.9 Å². The Labute approximate surface area is 118 Å². The van der Waals surface area contributed by atoms with Crippen LogP contribution in [0.4, 0.5) is 0 Å². The quantitative estimate of drug-likeness (QED) is 0.771. The van der Waals surface area contributed by atoms with E-state index >= 15 is 0 Å². The van der Waals surface area contributed by atoms with Gasteiger partial charge in [0.25, 0.3) is 0 Å². The highest BCUT2D eigenvalue weighted by molar-refractivity contribution is 5.70. The van der Waals surface area contributed by atoms with Gasteiger partial charge in [-0.2, -0.15) is 0 Å². The third kappa shape index (κ3) is 3.46. The molecule has 0 aliphatic rings. The second kappa shape index (κ2) is 7.47. The van der Waals surface area contributed by atoms with E-state index in [1.807, 2.05) is 0 Å². The first-order chi connectivity index (χ1) is 9.58. The van der Waals surface area contributed by atoms with E-state index in [1.165, 1.54) is 27.4 Å². The molecule has 0 atom stereocenters. The van der Waals surface area contributed by atoms with Crippen LogP contribution in [0.5, 0.6) is 23.0 Å². The second-order valence-corrected chi connectivity index (χ2v) is 3.96. The molecule has 0 bridgehead atoms. The van der Waals surface area contributed by atoms with Gasteiger partial charge in [-0.1, -0.05) is 0 Å². The van der Waals surface area contributed by atoms with Crippen LogP contribution in [-0.4, -0.2) is 39.0 Å². The fourth-order valence-electron chi connectivity index (χ4n) is 1.92. The minimum absolute atomic E-state index is 0.0657. The van der Waals surface area contributed by atoms with Crippen LogP contribution in [0.15, 0.2) is 6.07 Å². The Morgan fingerprint density at radius 1 is 1.10 bits per heavy atom. The fraction of sp³-hybridized carbons (Fsp3) is 0.500. The smallest absolute Gasteiger partial charge is 0.306 e. The molecule has 20 heavy (non-hydrogen) atoms. The van der Waals surface area contributed by atoms with Crippen molar-refractivity contribution >= 4 is 5.97 Å². The van der Waals surface area contributed by atoms with Crippen molar-refractivity contribution in [1.82, 2.24) is 0 Å². The number of esters is 1. The van der Waals surface area contributed by atoms with Gasteiger partial charge in [0.1, 0.15) is 0 Å². The summed E-state index contributed by atoms with van der Waals surface area (Å²) < 4.78 is 20.4. The third-order valence-corrected chi connectivity index (χ3v) is 2.76. The average molecular weight is 284 g/mol. The molecule has 1 N–H and O–H groups in total.